The maximum absolute atomic E-state index is 13.0. The molecule has 1 aliphatic rings. The van der Waals surface area contributed by atoms with Crippen LogP contribution in [0.15, 0.2) is 53.1 Å². The molecule has 0 bridgehead atoms. The van der Waals surface area contributed by atoms with Crippen LogP contribution < -0.4 is 5.32 Å². The lowest BCUT2D eigenvalue weighted by molar-refractivity contribution is 0.0925. The van der Waals surface area contributed by atoms with E-state index < -0.39 is 10.0 Å². The Balaban J connectivity index is 1.59. The van der Waals surface area contributed by atoms with Crippen molar-refractivity contribution < 1.29 is 17.6 Å². The predicted molar refractivity (Wildman–Crippen MR) is 106 cm³/mol. The minimum atomic E-state index is -3.19. The van der Waals surface area contributed by atoms with E-state index in [1.165, 1.54) is 10.6 Å². The van der Waals surface area contributed by atoms with E-state index in [-0.39, 0.29) is 11.9 Å². The molecule has 3 aromatic rings. The molecule has 1 aliphatic heterocycles. The Bertz CT molecular complexity index is 1100. The Morgan fingerprint density at radius 3 is 2.61 bits per heavy atom. The number of sulfonamides is 1. The lowest BCUT2D eigenvalue weighted by Crippen LogP contribution is -2.46. The van der Waals surface area contributed by atoms with Crippen molar-refractivity contribution in [3.05, 3.63) is 54.3 Å². The highest BCUT2D eigenvalue weighted by Gasteiger charge is 2.26. The summed E-state index contributed by atoms with van der Waals surface area (Å²) < 4.78 is 30.2. The Hall–Kier alpha value is -2.71. The third-order valence-electron chi connectivity index (χ3n) is 4.99. The normalized spacial score (nSPS) is 16.3. The number of rotatable bonds is 4. The number of carbonyl (C=O) groups excluding carboxylic acids is 1. The van der Waals surface area contributed by atoms with Gasteiger partial charge in [0.25, 0.3) is 5.91 Å². The zero-order valence-corrected chi connectivity index (χ0v) is 16.3. The van der Waals surface area contributed by atoms with Crippen LogP contribution in [0.2, 0.25) is 0 Å². The number of aromatic nitrogens is 1. The van der Waals surface area contributed by atoms with E-state index in [9.17, 15) is 13.2 Å². The van der Waals surface area contributed by atoms with Gasteiger partial charge in [0.1, 0.15) is 5.69 Å². The lowest BCUT2D eigenvalue weighted by atomic mass is 10.0. The summed E-state index contributed by atoms with van der Waals surface area (Å²) in [6.07, 6.45) is 3.96. The van der Waals surface area contributed by atoms with Crippen molar-refractivity contribution in [2.45, 2.75) is 18.9 Å². The molecule has 0 aliphatic carbocycles. The SMILES string of the molecule is CS(=O)(=O)N1CCC(NC(=O)c2cc(-c3ccco3)nc3ccccc23)CC1. The van der Waals surface area contributed by atoms with Gasteiger partial charge < -0.3 is 9.73 Å². The van der Waals surface area contributed by atoms with Gasteiger partial charge in [0, 0.05) is 24.5 Å². The lowest BCUT2D eigenvalue weighted by Gasteiger charge is -2.30. The summed E-state index contributed by atoms with van der Waals surface area (Å²) in [5.74, 6) is 0.408. The fraction of sp³-hybridized carbons (Fsp3) is 0.300. The largest absolute Gasteiger partial charge is 0.463 e. The van der Waals surface area contributed by atoms with Gasteiger partial charge in [0.15, 0.2) is 5.76 Å². The minimum Gasteiger partial charge on any atom is -0.463 e. The number of benzene rings is 1. The number of pyridine rings is 1. The molecule has 0 radical (unpaired) electrons. The van der Waals surface area contributed by atoms with E-state index in [2.05, 4.69) is 10.3 Å². The average Bonchev–Trinajstić information content (AvgIpc) is 3.21. The van der Waals surface area contributed by atoms with Gasteiger partial charge in [-0.1, -0.05) is 18.2 Å². The first-order chi connectivity index (χ1) is 13.4. The van der Waals surface area contributed by atoms with Gasteiger partial charge in [-0.15, -0.1) is 0 Å². The molecule has 146 valence electrons. The first-order valence-electron chi connectivity index (χ1n) is 9.11. The smallest absolute Gasteiger partial charge is 0.252 e. The highest BCUT2D eigenvalue weighted by atomic mass is 32.2. The number of fused-ring (bicyclic) bond motifs is 1. The first kappa shape index (κ1) is 18.6. The van der Waals surface area contributed by atoms with Crippen LogP contribution in [0.3, 0.4) is 0 Å². The molecular formula is C20H21N3O4S. The summed E-state index contributed by atoms with van der Waals surface area (Å²) in [5, 5.41) is 3.82. The summed E-state index contributed by atoms with van der Waals surface area (Å²) in [5.41, 5.74) is 1.84. The molecule has 1 N–H and O–H groups in total. The molecule has 8 heteroatoms. The van der Waals surface area contributed by atoms with Gasteiger partial charge >= 0.3 is 0 Å². The maximum atomic E-state index is 13.0. The zero-order valence-electron chi connectivity index (χ0n) is 15.5. The minimum absolute atomic E-state index is 0.0653. The van der Waals surface area contributed by atoms with Crippen LogP contribution in [0, 0.1) is 0 Å². The van der Waals surface area contributed by atoms with Crippen molar-refractivity contribution in [3.8, 4) is 11.5 Å². The molecule has 3 heterocycles. The quantitative estimate of drug-likeness (QED) is 0.728. The van der Waals surface area contributed by atoms with E-state index in [0.29, 0.717) is 48.5 Å². The fourth-order valence-electron chi connectivity index (χ4n) is 3.51. The second kappa shape index (κ2) is 7.37. The van der Waals surface area contributed by atoms with E-state index in [0.717, 1.165) is 5.39 Å². The van der Waals surface area contributed by atoms with Crippen LogP contribution in [0.4, 0.5) is 0 Å². The van der Waals surface area contributed by atoms with Crippen LogP contribution in [-0.2, 0) is 10.0 Å². The number of hydrogen-bond acceptors (Lipinski definition) is 5. The highest BCUT2D eigenvalue weighted by molar-refractivity contribution is 7.88. The molecule has 0 unspecified atom stereocenters. The second-order valence-corrected chi connectivity index (χ2v) is 8.94. The third kappa shape index (κ3) is 3.79. The van der Waals surface area contributed by atoms with Crippen LogP contribution in [-0.4, -0.2) is 49.0 Å². The van der Waals surface area contributed by atoms with Gasteiger partial charge in [-0.3, -0.25) is 4.79 Å². The van der Waals surface area contributed by atoms with Gasteiger partial charge in [0.2, 0.25) is 10.0 Å². The molecule has 0 saturated carbocycles. The molecule has 7 nitrogen and oxygen atoms in total. The number of amides is 1. The Kier molecular flexibility index (Phi) is 4.91. The summed E-state index contributed by atoms with van der Waals surface area (Å²) >= 11 is 0. The van der Waals surface area contributed by atoms with Gasteiger partial charge in [-0.05, 0) is 37.1 Å². The molecule has 4 rings (SSSR count). The van der Waals surface area contributed by atoms with E-state index >= 15 is 0 Å². The average molecular weight is 399 g/mol. The molecule has 0 atom stereocenters. The van der Waals surface area contributed by atoms with Crippen molar-refractivity contribution in [3.63, 3.8) is 0 Å². The van der Waals surface area contributed by atoms with Gasteiger partial charge in [0.05, 0.1) is 23.6 Å². The van der Waals surface area contributed by atoms with Crippen LogP contribution in [0.5, 0.6) is 0 Å². The van der Waals surface area contributed by atoms with Crippen molar-refractivity contribution >= 4 is 26.8 Å². The summed E-state index contributed by atoms with van der Waals surface area (Å²) in [6.45, 7) is 0.830. The molecule has 28 heavy (non-hydrogen) atoms. The summed E-state index contributed by atoms with van der Waals surface area (Å²) in [6, 6.07) is 12.7. The maximum Gasteiger partial charge on any atom is 0.252 e. The van der Waals surface area contributed by atoms with E-state index in [1.54, 1.807) is 24.5 Å². The highest BCUT2D eigenvalue weighted by Crippen LogP contribution is 2.25. The van der Waals surface area contributed by atoms with E-state index in [4.69, 9.17) is 4.42 Å². The standard InChI is InChI=1S/C20H21N3O4S/c1-28(25,26)23-10-8-14(9-11-23)21-20(24)16-13-18(19-7-4-12-27-19)22-17-6-3-2-5-15(16)17/h2-7,12-14H,8-11H2,1H3,(H,21,24). The third-order valence-corrected chi connectivity index (χ3v) is 6.30. The Labute approximate surface area is 163 Å². The number of nitrogens with zero attached hydrogens (tertiary/aromatic N) is 2. The number of nitrogens with one attached hydrogen (secondary N) is 1. The number of para-hydroxylation sites is 1. The Morgan fingerprint density at radius 2 is 1.93 bits per heavy atom. The topological polar surface area (TPSA) is 92.5 Å². The summed E-state index contributed by atoms with van der Waals surface area (Å²) in [7, 11) is -3.19. The van der Waals surface area contributed by atoms with Crippen molar-refractivity contribution in [2.24, 2.45) is 0 Å². The second-order valence-electron chi connectivity index (χ2n) is 6.96. The molecule has 1 amide bonds. The monoisotopic (exact) mass is 399 g/mol. The molecule has 1 fully saturated rings. The fourth-order valence-corrected chi connectivity index (χ4v) is 4.38. The molecule has 2 aromatic heterocycles. The number of piperidine rings is 1. The summed E-state index contributed by atoms with van der Waals surface area (Å²) in [4.78, 5) is 17.6. The molecule has 1 saturated heterocycles. The number of carbonyl (C=O) groups is 1. The van der Waals surface area contributed by atoms with Crippen LogP contribution in [0.1, 0.15) is 23.2 Å². The number of furan rings is 1. The van der Waals surface area contributed by atoms with Crippen LogP contribution in [0.25, 0.3) is 22.4 Å². The zero-order chi connectivity index (χ0) is 19.7. The number of hydrogen-bond donors (Lipinski definition) is 1. The van der Waals surface area contributed by atoms with Crippen molar-refractivity contribution in [1.82, 2.24) is 14.6 Å². The van der Waals surface area contributed by atoms with Gasteiger partial charge in [-0.2, -0.15) is 0 Å². The molecule has 0 spiro atoms. The van der Waals surface area contributed by atoms with Crippen LogP contribution >= 0.6 is 0 Å². The van der Waals surface area contributed by atoms with Crippen molar-refractivity contribution in [1.29, 1.82) is 0 Å². The molecular weight excluding hydrogens is 378 g/mol. The van der Waals surface area contributed by atoms with E-state index in [1.807, 2.05) is 24.3 Å². The predicted octanol–water partition coefficient (Wildman–Crippen LogP) is 2.65. The van der Waals surface area contributed by atoms with Gasteiger partial charge in [-0.25, -0.2) is 17.7 Å². The molecule has 1 aromatic carbocycles. The van der Waals surface area contributed by atoms with Crippen molar-refractivity contribution in [2.75, 3.05) is 19.3 Å². The first-order valence-corrected chi connectivity index (χ1v) is 11.0. The Morgan fingerprint density at radius 1 is 1.18 bits per heavy atom.